The number of hydrogen-bond acceptors (Lipinski definition) is 2. The fourth-order valence-corrected chi connectivity index (χ4v) is 6.67. The Morgan fingerprint density at radius 3 is 1.90 bits per heavy atom. The standard InChI is InChI=1S/C40H25NO/c1-2-14-30(15-3-1)41(37-19-9-17-34-35-24-28-11-4-5-12-29(28)25-38(35)42-40(34)37)36-18-8-13-27-21-22-32-31-16-7-6-10-26(31)20-23-33(32)39(27)36/h1-25H. The molecule has 196 valence electrons. The van der Waals surface area contributed by atoms with Gasteiger partial charge in [0.05, 0.1) is 11.4 Å². The first-order valence-electron chi connectivity index (χ1n) is 14.4. The van der Waals surface area contributed by atoms with E-state index in [0.717, 1.165) is 39.0 Å². The molecule has 0 radical (unpaired) electrons. The van der Waals surface area contributed by atoms with Gasteiger partial charge in [-0.1, -0.05) is 115 Å². The molecule has 8 aromatic carbocycles. The van der Waals surface area contributed by atoms with Crippen LogP contribution in [0, 0.1) is 0 Å². The van der Waals surface area contributed by atoms with E-state index in [2.05, 4.69) is 157 Å². The van der Waals surface area contributed by atoms with Crippen LogP contribution in [0.15, 0.2) is 156 Å². The summed E-state index contributed by atoms with van der Waals surface area (Å²) in [6, 6.07) is 54.3. The van der Waals surface area contributed by atoms with E-state index in [1.807, 2.05) is 0 Å². The molecule has 0 aliphatic heterocycles. The predicted octanol–water partition coefficient (Wildman–Crippen LogP) is 11.7. The summed E-state index contributed by atoms with van der Waals surface area (Å²) in [7, 11) is 0. The van der Waals surface area contributed by atoms with Gasteiger partial charge in [-0.3, -0.25) is 0 Å². The smallest absolute Gasteiger partial charge is 0.159 e. The zero-order valence-electron chi connectivity index (χ0n) is 22.8. The Morgan fingerprint density at radius 2 is 1.02 bits per heavy atom. The summed E-state index contributed by atoms with van der Waals surface area (Å²) in [5, 5.41) is 12.1. The van der Waals surface area contributed by atoms with Crippen molar-refractivity contribution in [2.24, 2.45) is 0 Å². The fourth-order valence-electron chi connectivity index (χ4n) is 6.67. The van der Waals surface area contributed by atoms with Gasteiger partial charge in [-0.2, -0.15) is 0 Å². The fraction of sp³-hybridized carbons (Fsp3) is 0. The third kappa shape index (κ3) is 3.39. The topological polar surface area (TPSA) is 16.4 Å². The van der Waals surface area contributed by atoms with Crippen molar-refractivity contribution in [2.75, 3.05) is 4.90 Å². The summed E-state index contributed by atoms with van der Waals surface area (Å²) < 4.78 is 6.73. The van der Waals surface area contributed by atoms with Crippen LogP contribution in [-0.4, -0.2) is 0 Å². The van der Waals surface area contributed by atoms with E-state index in [-0.39, 0.29) is 0 Å². The van der Waals surface area contributed by atoms with E-state index in [1.165, 1.54) is 43.1 Å². The highest BCUT2D eigenvalue weighted by molar-refractivity contribution is 6.22. The Hall–Kier alpha value is -5.60. The molecular weight excluding hydrogens is 510 g/mol. The van der Waals surface area contributed by atoms with E-state index in [4.69, 9.17) is 4.42 Å². The van der Waals surface area contributed by atoms with Crippen LogP contribution in [0.2, 0.25) is 0 Å². The van der Waals surface area contributed by atoms with Crippen LogP contribution in [0.5, 0.6) is 0 Å². The molecular formula is C40H25NO. The van der Waals surface area contributed by atoms with Crippen molar-refractivity contribution in [2.45, 2.75) is 0 Å². The van der Waals surface area contributed by atoms with Gasteiger partial charge in [0, 0.05) is 21.8 Å². The molecule has 42 heavy (non-hydrogen) atoms. The maximum Gasteiger partial charge on any atom is 0.159 e. The van der Waals surface area contributed by atoms with Crippen LogP contribution in [0.1, 0.15) is 0 Å². The van der Waals surface area contributed by atoms with Gasteiger partial charge in [0.1, 0.15) is 5.58 Å². The first-order chi connectivity index (χ1) is 20.8. The first-order valence-corrected chi connectivity index (χ1v) is 14.4. The number of nitrogens with zero attached hydrogens (tertiary/aromatic N) is 1. The van der Waals surface area contributed by atoms with Crippen molar-refractivity contribution < 1.29 is 4.42 Å². The second kappa shape index (κ2) is 8.95. The van der Waals surface area contributed by atoms with Crippen LogP contribution in [0.4, 0.5) is 17.1 Å². The van der Waals surface area contributed by atoms with Gasteiger partial charge in [-0.15, -0.1) is 0 Å². The summed E-state index contributed by atoms with van der Waals surface area (Å²) in [5.74, 6) is 0. The third-order valence-corrected chi connectivity index (χ3v) is 8.58. The lowest BCUT2D eigenvalue weighted by Gasteiger charge is -2.27. The molecule has 1 heterocycles. The van der Waals surface area contributed by atoms with Gasteiger partial charge in [0.25, 0.3) is 0 Å². The SMILES string of the molecule is c1ccc(N(c2cccc3c2oc2cc4ccccc4cc23)c2cccc3ccc4c5ccccc5ccc4c23)cc1. The quantitative estimate of drug-likeness (QED) is 0.209. The second-order valence-electron chi connectivity index (χ2n) is 10.9. The van der Waals surface area contributed by atoms with Crippen LogP contribution < -0.4 is 4.90 Å². The maximum atomic E-state index is 6.73. The van der Waals surface area contributed by atoms with Crippen LogP contribution >= 0.6 is 0 Å². The lowest BCUT2D eigenvalue weighted by atomic mass is 9.95. The zero-order valence-corrected chi connectivity index (χ0v) is 22.8. The molecule has 0 saturated carbocycles. The average molecular weight is 536 g/mol. The van der Waals surface area contributed by atoms with Crippen molar-refractivity contribution in [1.29, 1.82) is 0 Å². The highest BCUT2D eigenvalue weighted by Crippen LogP contribution is 2.46. The normalized spacial score (nSPS) is 11.8. The number of benzene rings is 8. The molecule has 0 saturated heterocycles. The van der Waals surface area contributed by atoms with Gasteiger partial charge in [-0.05, 0) is 74.1 Å². The number of furan rings is 1. The highest BCUT2D eigenvalue weighted by atomic mass is 16.3. The number of anilines is 3. The minimum absolute atomic E-state index is 0.884. The van der Waals surface area contributed by atoms with Crippen molar-refractivity contribution in [1.82, 2.24) is 0 Å². The summed E-state index contributed by atoms with van der Waals surface area (Å²) in [6.45, 7) is 0. The van der Waals surface area contributed by atoms with Crippen molar-refractivity contribution in [3.63, 3.8) is 0 Å². The Morgan fingerprint density at radius 1 is 0.381 bits per heavy atom. The van der Waals surface area contributed by atoms with Gasteiger partial charge in [0.15, 0.2) is 5.58 Å². The Labute approximate surface area is 242 Å². The number of para-hydroxylation sites is 2. The van der Waals surface area contributed by atoms with Gasteiger partial charge in [0.2, 0.25) is 0 Å². The molecule has 2 nitrogen and oxygen atoms in total. The molecule has 0 fully saturated rings. The van der Waals surface area contributed by atoms with E-state index < -0.39 is 0 Å². The summed E-state index contributed by atoms with van der Waals surface area (Å²) in [4.78, 5) is 2.36. The predicted molar refractivity (Wildman–Crippen MR) is 178 cm³/mol. The van der Waals surface area contributed by atoms with E-state index in [1.54, 1.807) is 0 Å². The van der Waals surface area contributed by atoms with Crippen molar-refractivity contribution >= 4 is 82.1 Å². The molecule has 0 bridgehead atoms. The van der Waals surface area contributed by atoms with Crippen molar-refractivity contribution in [3.8, 4) is 0 Å². The molecule has 9 aromatic rings. The molecule has 0 amide bonds. The molecule has 0 N–H and O–H groups in total. The minimum Gasteiger partial charge on any atom is -0.454 e. The molecule has 1 aromatic heterocycles. The molecule has 2 heteroatoms. The molecule has 0 atom stereocenters. The lowest BCUT2D eigenvalue weighted by Crippen LogP contribution is -2.10. The molecule has 0 aliphatic carbocycles. The average Bonchev–Trinajstić information content (AvgIpc) is 3.42. The Balaban J connectivity index is 1.39. The van der Waals surface area contributed by atoms with Crippen LogP contribution in [-0.2, 0) is 0 Å². The van der Waals surface area contributed by atoms with E-state index >= 15 is 0 Å². The Kier molecular flexibility index (Phi) is 4.93. The van der Waals surface area contributed by atoms with Crippen LogP contribution in [0.25, 0.3) is 65.0 Å². The lowest BCUT2D eigenvalue weighted by molar-refractivity contribution is 0.669. The highest BCUT2D eigenvalue weighted by Gasteiger charge is 2.22. The summed E-state index contributed by atoms with van der Waals surface area (Å²) in [6.07, 6.45) is 0. The summed E-state index contributed by atoms with van der Waals surface area (Å²) in [5.41, 5.74) is 5.01. The largest absolute Gasteiger partial charge is 0.454 e. The van der Waals surface area contributed by atoms with Gasteiger partial charge >= 0.3 is 0 Å². The first kappa shape index (κ1) is 23.1. The van der Waals surface area contributed by atoms with Gasteiger partial charge < -0.3 is 9.32 Å². The Bertz CT molecular complexity index is 2470. The molecule has 9 rings (SSSR count). The van der Waals surface area contributed by atoms with E-state index in [0.29, 0.717) is 0 Å². The monoisotopic (exact) mass is 535 g/mol. The molecule has 0 spiro atoms. The zero-order chi connectivity index (χ0) is 27.6. The van der Waals surface area contributed by atoms with E-state index in [9.17, 15) is 0 Å². The molecule has 0 aliphatic rings. The number of rotatable bonds is 3. The third-order valence-electron chi connectivity index (χ3n) is 8.58. The number of fused-ring (bicyclic) bond motifs is 9. The van der Waals surface area contributed by atoms with Gasteiger partial charge in [-0.25, -0.2) is 0 Å². The number of hydrogen-bond donors (Lipinski definition) is 0. The van der Waals surface area contributed by atoms with Crippen LogP contribution in [0.3, 0.4) is 0 Å². The van der Waals surface area contributed by atoms with Crippen molar-refractivity contribution in [3.05, 3.63) is 152 Å². The maximum absolute atomic E-state index is 6.73. The summed E-state index contributed by atoms with van der Waals surface area (Å²) >= 11 is 0. The molecule has 0 unspecified atom stereocenters. The minimum atomic E-state index is 0.884. The second-order valence-corrected chi connectivity index (χ2v) is 10.9.